The van der Waals surface area contributed by atoms with Crippen LogP contribution in [0, 0.1) is 0 Å². The third-order valence-corrected chi connectivity index (χ3v) is 9.95. The van der Waals surface area contributed by atoms with Gasteiger partial charge in [0.15, 0.2) is 0 Å². The second kappa shape index (κ2) is 44.2. The van der Waals surface area contributed by atoms with E-state index in [2.05, 4.69) is 38.2 Å². The third-order valence-electron chi connectivity index (χ3n) is 9.95. The SMILES string of the molecule is CCCCCCCC/C=C\CCCCCCCCOCC(COC(=O)CCCN(C)CCO)OCCCCCCCC/C=C\CCCCCCCC. The molecule has 0 amide bonds. The Morgan fingerprint density at radius 2 is 0.962 bits per heavy atom. The summed E-state index contributed by atoms with van der Waals surface area (Å²) in [5.41, 5.74) is 0. The first-order valence-electron chi connectivity index (χ1n) is 22.6. The van der Waals surface area contributed by atoms with Gasteiger partial charge in [-0.2, -0.15) is 0 Å². The van der Waals surface area contributed by atoms with Crippen molar-refractivity contribution in [3.63, 3.8) is 0 Å². The van der Waals surface area contributed by atoms with Crippen LogP contribution < -0.4 is 0 Å². The summed E-state index contributed by atoms with van der Waals surface area (Å²) in [6, 6.07) is 0. The zero-order chi connectivity index (χ0) is 37.8. The molecule has 1 unspecified atom stereocenters. The van der Waals surface area contributed by atoms with Crippen molar-refractivity contribution in [3.05, 3.63) is 24.3 Å². The van der Waals surface area contributed by atoms with Gasteiger partial charge in [-0.25, -0.2) is 0 Å². The maximum absolute atomic E-state index is 12.4. The average molecular weight is 736 g/mol. The highest BCUT2D eigenvalue weighted by atomic mass is 16.6. The molecule has 6 heteroatoms. The minimum Gasteiger partial charge on any atom is -0.463 e. The second-order valence-electron chi connectivity index (χ2n) is 15.3. The van der Waals surface area contributed by atoms with Crippen LogP contribution in [0.15, 0.2) is 24.3 Å². The van der Waals surface area contributed by atoms with Crippen molar-refractivity contribution in [2.24, 2.45) is 0 Å². The van der Waals surface area contributed by atoms with Gasteiger partial charge in [0, 0.05) is 26.2 Å². The van der Waals surface area contributed by atoms with Crippen molar-refractivity contribution < 1.29 is 24.1 Å². The normalized spacial score (nSPS) is 12.6. The van der Waals surface area contributed by atoms with Crippen LogP contribution in [0.3, 0.4) is 0 Å². The minimum absolute atomic E-state index is 0.133. The molecule has 308 valence electrons. The van der Waals surface area contributed by atoms with Gasteiger partial charge in [0.05, 0.1) is 13.2 Å². The number of aliphatic hydroxyl groups is 1. The van der Waals surface area contributed by atoms with Crippen molar-refractivity contribution in [1.29, 1.82) is 0 Å². The van der Waals surface area contributed by atoms with E-state index in [1.165, 1.54) is 167 Å². The van der Waals surface area contributed by atoms with E-state index in [4.69, 9.17) is 19.3 Å². The van der Waals surface area contributed by atoms with Crippen LogP contribution in [-0.2, 0) is 19.0 Å². The van der Waals surface area contributed by atoms with Gasteiger partial charge in [0.1, 0.15) is 12.7 Å². The number of aliphatic hydroxyl groups excluding tert-OH is 1. The maximum atomic E-state index is 12.4. The molecule has 0 radical (unpaired) electrons. The minimum atomic E-state index is -0.210. The zero-order valence-electron chi connectivity index (χ0n) is 35.1. The van der Waals surface area contributed by atoms with Crippen molar-refractivity contribution in [2.45, 2.75) is 213 Å². The molecule has 0 aliphatic rings. The van der Waals surface area contributed by atoms with Crippen LogP contribution in [0.5, 0.6) is 0 Å². The number of allylic oxidation sites excluding steroid dienone is 4. The molecular weight excluding hydrogens is 647 g/mol. The van der Waals surface area contributed by atoms with E-state index in [1.807, 2.05) is 11.9 Å². The first-order valence-corrected chi connectivity index (χ1v) is 22.6. The summed E-state index contributed by atoms with van der Waals surface area (Å²) in [6.07, 6.45) is 46.8. The van der Waals surface area contributed by atoms with Crippen molar-refractivity contribution in [2.75, 3.05) is 53.2 Å². The average Bonchev–Trinajstić information content (AvgIpc) is 3.14. The largest absolute Gasteiger partial charge is 0.463 e. The van der Waals surface area contributed by atoms with E-state index in [-0.39, 0.29) is 25.3 Å². The molecular formula is C46H89NO5. The van der Waals surface area contributed by atoms with E-state index in [0.29, 0.717) is 26.2 Å². The first kappa shape index (κ1) is 50.8. The number of hydrogen-bond donors (Lipinski definition) is 1. The molecule has 1 N–H and O–H groups in total. The number of carbonyl (C=O) groups is 1. The summed E-state index contributed by atoms with van der Waals surface area (Å²) in [5, 5.41) is 9.06. The Bertz CT molecular complexity index is 757. The Hall–Kier alpha value is -1.21. The summed E-state index contributed by atoms with van der Waals surface area (Å²) in [5.74, 6) is -0.184. The summed E-state index contributed by atoms with van der Waals surface area (Å²) in [4.78, 5) is 14.4. The number of rotatable bonds is 43. The van der Waals surface area contributed by atoms with Gasteiger partial charge in [0.2, 0.25) is 0 Å². The Balaban J connectivity index is 4.04. The molecule has 0 saturated carbocycles. The molecule has 0 aromatic heterocycles. The Morgan fingerprint density at radius 3 is 1.42 bits per heavy atom. The molecule has 0 heterocycles. The summed E-state index contributed by atoms with van der Waals surface area (Å²) < 4.78 is 17.8. The van der Waals surface area contributed by atoms with E-state index < -0.39 is 0 Å². The highest BCUT2D eigenvalue weighted by Gasteiger charge is 2.14. The number of ether oxygens (including phenoxy) is 3. The number of unbranched alkanes of at least 4 members (excludes halogenated alkanes) is 24. The number of likely N-dealkylation sites (N-methyl/N-ethyl adjacent to an activating group) is 1. The van der Waals surface area contributed by atoms with E-state index in [0.717, 1.165) is 32.4 Å². The van der Waals surface area contributed by atoms with Gasteiger partial charge in [-0.1, -0.05) is 154 Å². The molecule has 0 fully saturated rings. The van der Waals surface area contributed by atoms with Crippen LogP contribution >= 0.6 is 0 Å². The Labute approximate surface area is 324 Å². The number of nitrogens with zero attached hydrogens (tertiary/aromatic N) is 1. The van der Waals surface area contributed by atoms with Gasteiger partial charge >= 0.3 is 5.97 Å². The topological polar surface area (TPSA) is 68.2 Å². The van der Waals surface area contributed by atoms with E-state index >= 15 is 0 Å². The third kappa shape index (κ3) is 41.5. The first-order chi connectivity index (χ1) is 25.6. The molecule has 6 nitrogen and oxygen atoms in total. The lowest BCUT2D eigenvalue weighted by molar-refractivity contribution is -0.150. The highest BCUT2D eigenvalue weighted by molar-refractivity contribution is 5.69. The summed E-state index contributed by atoms with van der Waals surface area (Å²) >= 11 is 0. The number of esters is 1. The Morgan fingerprint density at radius 1 is 0.538 bits per heavy atom. The lowest BCUT2D eigenvalue weighted by Gasteiger charge is -2.19. The smallest absolute Gasteiger partial charge is 0.305 e. The fourth-order valence-electron chi connectivity index (χ4n) is 6.44. The predicted molar refractivity (Wildman–Crippen MR) is 224 cm³/mol. The lowest BCUT2D eigenvalue weighted by Crippen LogP contribution is -2.28. The second-order valence-corrected chi connectivity index (χ2v) is 15.3. The number of carbonyl (C=O) groups excluding carboxylic acids is 1. The van der Waals surface area contributed by atoms with Gasteiger partial charge in [-0.3, -0.25) is 4.79 Å². The highest BCUT2D eigenvalue weighted by Crippen LogP contribution is 2.12. The fourth-order valence-corrected chi connectivity index (χ4v) is 6.44. The molecule has 0 bridgehead atoms. The molecule has 52 heavy (non-hydrogen) atoms. The van der Waals surface area contributed by atoms with Crippen LogP contribution in [0.2, 0.25) is 0 Å². The van der Waals surface area contributed by atoms with Crippen LogP contribution in [0.4, 0.5) is 0 Å². The van der Waals surface area contributed by atoms with Gasteiger partial charge in [-0.05, 0) is 84.2 Å². The molecule has 0 rings (SSSR count). The molecule has 0 aliphatic carbocycles. The Kier molecular flexibility index (Phi) is 43.2. The predicted octanol–water partition coefficient (Wildman–Crippen LogP) is 12.7. The fraction of sp³-hybridized carbons (Fsp3) is 0.891. The standard InChI is InChI=1S/C46H89NO5/c1-4-6-8-10-12-14-16-18-20-22-24-26-28-30-32-34-41-50-43-45(44-52-46(49)37-36-38-47(3)39-40-48)51-42-35-33-31-29-27-25-23-21-19-17-15-13-11-9-7-5-2/h18-21,45,48H,4-17,22-44H2,1-3H3/b20-18-,21-19-. The van der Waals surface area contributed by atoms with Crippen LogP contribution in [0.25, 0.3) is 0 Å². The van der Waals surface area contributed by atoms with E-state index in [9.17, 15) is 4.79 Å². The molecule has 0 aliphatic heterocycles. The lowest BCUT2D eigenvalue weighted by atomic mass is 10.1. The monoisotopic (exact) mass is 736 g/mol. The molecule has 0 aromatic carbocycles. The maximum Gasteiger partial charge on any atom is 0.305 e. The van der Waals surface area contributed by atoms with Crippen molar-refractivity contribution >= 4 is 5.97 Å². The summed E-state index contributed by atoms with van der Waals surface area (Å²) in [6.45, 7) is 8.23. The van der Waals surface area contributed by atoms with E-state index in [1.54, 1.807) is 0 Å². The molecule has 0 saturated heterocycles. The van der Waals surface area contributed by atoms with Crippen molar-refractivity contribution in [3.8, 4) is 0 Å². The van der Waals surface area contributed by atoms with Crippen molar-refractivity contribution in [1.82, 2.24) is 4.90 Å². The van der Waals surface area contributed by atoms with Gasteiger partial charge < -0.3 is 24.2 Å². The number of hydrogen-bond acceptors (Lipinski definition) is 6. The molecule has 0 aromatic rings. The van der Waals surface area contributed by atoms with Crippen LogP contribution in [0.1, 0.15) is 206 Å². The van der Waals surface area contributed by atoms with Gasteiger partial charge in [-0.15, -0.1) is 0 Å². The summed E-state index contributed by atoms with van der Waals surface area (Å²) in [7, 11) is 1.95. The molecule has 1 atom stereocenters. The van der Waals surface area contributed by atoms with Crippen LogP contribution in [-0.4, -0.2) is 75.3 Å². The molecule has 0 spiro atoms. The van der Waals surface area contributed by atoms with Gasteiger partial charge in [0.25, 0.3) is 0 Å². The quantitative estimate of drug-likeness (QED) is 0.0382. The zero-order valence-corrected chi connectivity index (χ0v) is 35.1.